The van der Waals surface area contributed by atoms with Crippen molar-refractivity contribution in [1.82, 2.24) is 14.8 Å². The lowest BCUT2D eigenvalue weighted by molar-refractivity contribution is 0.193. The second-order valence-corrected chi connectivity index (χ2v) is 7.06. The Balaban J connectivity index is 0.00000147. The average Bonchev–Trinajstić information content (AvgIpc) is 3.01. The SMILES string of the molecule is Cl.Nc1ncc(CN2CCC(CN3CCCCC3)C2)s1. The van der Waals surface area contributed by atoms with E-state index in [4.69, 9.17) is 5.73 Å². The number of aromatic nitrogens is 1. The highest BCUT2D eigenvalue weighted by Gasteiger charge is 2.25. The summed E-state index contributed by atoms with van der Waals surface area (Å²) in [7, 11) is 0. The number of thiazole rings is 1. The van der Waals surface area contributed by atoms with E-state index in [9.17, 15) is 0 Å². The van der Waals surface area contributed by atoms with Crippen molar-refractivity contribution < 1.29 is 0 Å². The first-order chi connectivity index (χ1) is 9.29. The highest BCUT2D eigenvalue weighted by Crippen LogP contribution is 2.23. The van der Waals surface area contributed by atoms with Gasteiger partial charge in [-0.25, -0.2) is 4.98 Å². The number of likely N-dealkylation sites (tertiary alicyclic amines) is 2. The van der Waals surface area contributed by atoms with E-state index in [1.165, 1.54) is 63.3 Å². The minimum Gasteiger partial charge on any atom is -0.375 e. The third-order valence-electron chi connectivity index (χ3n) is 4.29. The third kappa shape index (κ3) is 4.32. The van der Waals surface area contributed by atoms with Gasteiger partial charge < -0.3 is 10.6 Å². The van der Waals surface area contributed by atoms with Crippen LogP contribution in [0.5, 0.6) is 0 Å². The van der Waals surface area contributed by atoms with Crippen LogP contribution in [0, 0.1) is 5.92 Å². The fourth-order valence-corrected chi connectivity index (χ4v) is 4.06. The zero-order valence-electron chi connectivity index (χ0n) is 12.0. The van der Waals surface area contributed by atoms with Crippen LogP contribution >= 0.6 is 23.7 Å². The van der Waals surface area contributed by atoms with E-state index in [1.54, 1.807) is 11.3 Å². The van der Waals surface area contributed by atoms with Gasteiger partial charge in [0.25, 0.3) is 0 Å². The molecule has 3 heterocycles. The second-order valence-electron chi connectivity index (χ2n) is 5.92. The normalized spacial score (nSPS) is 24.7. The van der Waals surface area contributed by atoms with Crippen LogP contribution in [0.1, 0.15) is 30.6 Å². The lowest BCUT2D eigenvalue weighted by Crippen LogP contribution is -2.35. The molecular weight excluding hydrogens is 292 g/mol. The first-order valence-electron chi connectivity index (χ1n) is 7.44. The zero-order valence-corrected chi connectivity index (χ0v) is 13.6. The van der Waals surface area contributed by atoms with E-state index in [0.29, 0.717) is 5.13 Å². The summed E-state index contributed by atoms with van der Waals surface area (Å²) in [6.45, 7) is 7.46. The van der Waals surface area contributed by atoms with Gasteiger partial charge in [-0.2, -0.15) is 0 Å². The lowest BCUT2D eigenvalue weighted by Gasteiger charge is -2.29. The van der Waals surface area contributed by atoms with Gasteiger partial charge in [-0.1, -0.05) is 6.42 Å². The Hall–Kier alpha value is -0.360. The van der Waals surface area contributed by atoms with Gasteiger partial charge in [-0.15, -0.1) is 23.7 Å². The minimum absolute atomic E-state index is 0. The van der Waals surface area contributed by atoms with Crippen LogP contribution in [-0.4, -0.2) is 47.5 Å². The maximum atomic E-state index is 5.69. The Labute approximate surface area is 131 Å². The molecule has 0 aliphatic carbocycles. The van der Waals surface area contributed by atoms with E-state index >= 15 is 0 Å². The topological polar surface area (TPSA) is 45.4 Å². The number of anilines is 1. The molecule has 0 radical (unpaired) electrons. The van der Waals surface area contributed by atoms with E-state index in [0.717, 1.165) is 12.5 Å². The summed E-state index contributed by atoms with van der Waals surface area (Å²) in [6.07, 6.45) is 7.51. The van der Waals surface area contributed by atoms with Crippen molar-refractivity contribution in [3.8, 4) is 0 Å². The van der Waals surface area contributed by atoms with Crippen LogP contribution in [0.4, 0.5) is 5.13 Å². The molecule has 2 saturated heterocycles. The van der Waals surface area contributed by atoms with E-state index in [1.807, 2.05) is 6.20 Å². The van der Waals surface area contributed by atoms with Crippen molar-refractivity contribution in [3.05, 3.63) is 11.1 Å². The summed E-state index contributed by atoms with van der Waals surface area (Å²) in [5.41, 5.74) is 5.69. The number of hydrogen-bond donors (Lipinski definition) is 1. The fourth-order valence-electron chi connectivity index (χ4n) is 3.33. The summed E-state index contributed by atoms with van der Waals surface area (Å²) >= 11 is 1.63. The molecule has 1 aromatic heterocycles. The van der Waals surface area contributed by atoms with Crippen molar-refractivity contribution in [3.63, 3.8) is 0 Å². The molecule has 0 spiro atoms. The first kappa shape index (κ1) is 16.0. The lowest BCUT2D eigenvalue weighted by atomic mass is 10.1. The fraction of sp³-hybridized carbons (Fsp3) is 0.786. The van der Waals surface area contributed by atoms with Gasteiger partial charge in [-0.05, 0) is 44.8 Å². The number of hydrogen-bond acceptors (Lipinski definition) is 5. The Morgan fingerprint density at radius 1 is 1.20 bits per heavy atom. The zero-order chi connectivity index (χ0) is 13.1. The standard InChI is InChI=1S/C14H24N4S.ClH/c15-14-16-8-13(19-14)11-18-7-4-12(10-18)9-17-5-2-1-3-6-17;/h8,12H,1-7,9-11H2,(H2,15,16);1H. The van der Waals surface area contributed by atoms with Crippen LogP contribution < -0.4 is 5.73 Å². The van der Waals surface area contributed by atoms with Gasteiger partial charge in [0.2, 0.25) is 0 Å². The molecule has 1 atom stereocenters. The molecule has 0 amide bonds. The molecule has 114 valence electrons. The summed E-state index contributed by atoms with van der Waals surface area (Å²) in [6, 6.07) is 0. The van der Waals surface area contributed by atoms with E-state index in [-0.39, 0.29) is 12.4 Å². The first-order valence-corrected chi connectivity index (χ1v) is 8.26. The minimum atomic E-state index is 0. The molecule has 20 heavy (non-hydrogen) atoms. The predicted octanol–water partition coefficient (Wildman–Crippen LogP) is 2.45. The van der Waals surface area contributed by atoms with Gasteiger partial charge in [0.05, 0.1) is 0 Å². The molecule has 2 fully saturated rings. The third-order valence-corrected chi connectivity index (χ3v) is 5.10. The van der Waals surface area contributed by atoms with E-state index < -0.39 is 0 Å². The quantitative estimate of drug-likeness (QED) is 0.927. The Kier molecular flexibility index (Phi) is 6.08. The number of piperidine rings is 1. The molecule has 2 N–H and O–H groups in total. The Bertz CT molecular complexity index is 406. The van der Waals surface area contributed by atoms with Crippen molar-refractivity contribution in [2.24, 2.45) is 5.92 Å². The average molecular weight is 317 g/mol. The molecule has 1 unspecified atom stereocenters. The van der Waals surface area contributed by atoms with Crippen LogP contribution in [0.25, 0.3) is 0 Å². The highest BCUT2D eigenvalue weighted by atomic mass is 35.5. The number of halogens is 1. The molecule has 1 aromatic rings. The van der Waals surface area contributed by atoms with Gasteiger partial charge in [0.15, 0.2) is 5.13 Å². The van der Waals surface area contributed by atoms with Gasteiger partial charge in [-0.3, -0.25) is 4.90 Å². The number of nitrogens with zero attached hydrogens (tertiary/aromatic N) is 3. The molecule has 2 aliphatic heterocycles. The Morgan fingerprint density at radius 3 is 2.70 bits per heavy atom. The van der Waals surface area contributed by atoms with Crippen LogP contribution in [0.2, 0.25) is 0 Å². The van der Waals surface area contributed by atoms with Gasteiger partial charge >= 0.3 is 0 Å². The molecule has 2 aliphatic rings. The summed E-state index contributed by atoms with van der Waals surface area (Å²) < 4.78 is 0. The van der Waals surface area contributed by atoms with E-state index in [2.05, 4.69) is 14.8 Å². The number of nitrogens with two attached hydrogens (primary N) is 1. The summed E-state index contributed by atoms with van der Waals surface area (Å²) in [5.74, 6) is 0.864. The predicted molar refractivity (Wildman–Crippen MR) is 87.4 cm³/mol. The van der Waals surface area contributed by atoms with Crippen LogP contribution in [0.3, 0.4) is 0 Å². The smallest absolute Gasteiger partial charge is 0.180 e. The van der Waals surface area contributed by atoms with Crippen LogP contribution in [-0.2, 0) is 6.54 Å². The highest BCUT2D eigenvalue weighted by molar-refractivity contribution is 7.15. The van der Waals surface area contributed by atoms with Gasteiger partial charge in [0, 0.05) is 30.7 Å². The van der Waals surface area contributed by atoms with Crippen molar-refractivity contribution in [2.45, 2.75) is 32.2 Å². The number of rotatable bonds is 4. The van der Waals surface area contributed by atoms with Gasteiger partial charge in [0.1, 0.15) is 0 Å². The van der Waals surface area contributed by atoms with Crippen molar-refractivity contribution in [1.29, 1.82) is 0 Å². The van der Waals surface area contributed by atoms with Crippen LogP contribution in [0.15, 0.2) is 6.20 Å². The Morgan fingerprint density at radius 2 is 2.00 bits per heavy atom. The largest absolute Gasteiger partial charge is 0.375 e. The molecule has 3 rings (SSSR count). The maximum absolute atomic E-state index is 5.69. The molecule has 0 saturated carbocycles. The maximum Gasteiger partial charge on any atom is 0.180 e. The molecule has 4 nitrogen and oxygen atoms in total. The molecular formula is C14H25ClN4S. The van der Waals surface area contributed by atoms with Crippen molar-refractivity contribution in [2.75, 3.05) is 38.5 Å². The second kappa shape index (κ2) is 7.59. The monoisotopic (exact) mass is 316 g/mol. The summed E-state index contributed by atoms with van der Waals surface area (Å²) in [5, 5.41) is 0.694. The molecule has 0 aromatic carbocycles. The number of nitrogen functional groups attached to an aromatic ring is 1. The molecule has 0 bridgehead atoms. The molecule has 6 heteroatoms. The van der Waals surface area contributed by atoms with Crippen molar-refractivity contribution >= 4 is 28.9 Å². The summed E-state index contributed by atoms with van der Waals surface area (Å²) in [4.78, 5) is 10.7.